The van der Waals surface area contributed by atoms with Crippen LogP contribution in [0.25, 0.3) is 0 Å². The first-order chi connectivity index (χ1) is 10.8. The molecule has 0 saturated carbocycles. The van der Waals surface area contributed by atoms with E-state index in [1.165, 1.54) is 10.4 Å². The van der Waals surface area contributed by atoms with E-state index in [-0.39, 0.29) is 11.9 Å². The molecule has 5 heteroatoms. The molecule has 2 aromatic heterocycles. The molecule has 1 amide bonds. The van der Waals surface area contributed by atoms with Gasteiger partial charge < -0.3 is 14.1 Å². The third-order valence-corrected chi connectivity index (χ3v) is 5.78. The second-order valence-corrected chi connectivity index (χ2v) is 6.91. The third-order valence-electron chi connectivity index (χ3n) is 4.75. The summed E-state index contributed by atoms with van der Waals surface area (Å²) in [7, 11) is 0. The molecule has 2 aliphatic heterocycles. The van der Waals surface area contributed by atoms with Gasteiger partial charge in [0.25, 0.3) is 5.91 Å². The van der Waals surface area contributed by atoms with Gasteiger partial charge in [0.2, 0.25) is 0 Å². The topological polar surface area (TPSA) is 42.7 Å². The lowest BCUT2D eigenvalue weighted by Gasteiger charge is -2.41. The van der Waals surface area contributed by atoms with Crippen molar-refractivity contribution in [2.75, 3.05) is 19.8 Å². The van der Waals surface area contributed by atoms with Crippen LogP contribution in [0.15, 0.2) is 34.5 Å². The molecule has 4 rings (SSSR count). The van der Waals surface area contributed by atoms with Gasteiger partial charge in [-0.3, -0.25) is 4.79 Å². The maximum atomic E-state index is 12.9. The van der Waals surface area contributed by atoms with Gasteiger partial charge in [0.05, 0.1) is 17.9 Å². The van der Waals surface area contributed by atoms with Gasteiger partial charge in [0, 0.05) is 24.6 Å². The standard InChI is InChI=1S/C17H19NO3S/c19-17(14-4-9-21-11-14)18-6-1-13-5-10-22-16(13)15(18)12-2-7-20-8-3-12/h4-5,9-12,15H,1-3,6-8H2. The zero-order valence-corrected chi connectivity index (χ0v) is 13.2. The summed E-state index contributed by atoms with van der Waals surface area (Å²) in [5.74, 6) is 0.576. The molecule has 4 nitrogen and oxygen atoms in total. The molecule has 0 aromatic carbocycles. The number of fused-ring (bicyclic) bond motifs is 1. The van der Waals surface area contributed by atoms with Crippen LogP contribution in [0.4, 0.5) is 0 Å². The molecule has 4 heterocycles. The number of hydrogen-bond acceptors (Lipinski definition) is 4. The lowest BCUT2D eigenvalue weighted by molar-refractivity contribution is 0.0206. The van der Waals surface area contributed by atoms with Gasteiger partial charge >= 0.3 is 0 Å². The molecule has 1 fully saturated rings. The summed E-state index contributed by atoms with van der Waals surface area (Å²) in [4.78, 5) is 16.3. The number of furan rings is 1. The van der Waals surface area contributed by atoms with E-state index in [2.05, 4.69) is 16.3 Å². The Hall–Kier alpha value is -1.59. The zero-order valence-electron chi connectivity index (χ0n) is 12.4. The minimum absolute atomic E-state index is 0.0873. The first-order valence-corrected chi connectivity index (χ1v) is 8.70. The highest BCUT2D eigenvalue weighted by atomic mass is 32.1. The van der Waals surface area contributed by atoms with E-state index in [1.807, 2.05) is 0 Å². The van der Waals surface area contributed by atoms with E-state index in [0.717, 1.165) is 39.0 Å². The largest absolute Gasteiger partial charge is 0.472 e. The van der Waals surface area contributed by atoms with E-state index in [0.29, 0.717) is 11.5 Å². The van der Waals surface area contributed by atoms with Gasteiger partial charge in [-0.15, -0.1) is 11.3 Å². The van der Waals surface area contributed by atoms with Gasteiger partial charge in [-0.1, -0.05) is 0 Å². The van der Waals surface area contributed by atoms with Crippen molar-refractivity contribution in [1.29, 1.82) is 0 Å². The van der Waals surface area contributed by atoms with Crippen molar-refractivity contribution in [3.63, 3.8) is 0 Å². The molecule has 0 N–H and O–H groups in total. The SMILES string of the molecule is O=C(c1ccoc1)N1CCc2ccsc2C1C1CCOCC1. The Morgan fingerprint density at radius 3 is 2.91 bits per heavy atom. The summed E-state index contributed by atoms with van der Waals surface area (Å²) in [6.07, 6.45) is 6.11. The summed E-state index contributed by atoms with van der Waals surface area (Å²) < 4.78 is 10.6. The smallest absolute Gasteiger partial charge is 0.257 e. The summed E-state index contributed by atoms with van der Waals surface area (Å²) >= 11 is 1.79. The predicted octanol–water partition coefficient (Wildman–Crippen LogP) is 3.51. The van der Waals surface area contributed by atoms with Gasteiger partial charge in [-0.05, 0) is 48.3 Å². The van der Waals surface area contributed by atoms with Crippen LogP contribution >= 0.6 is 11.3 Å². The monoisotopic (exact) mass is 317 g/mol. The molecule has 0 aliphatic carbocycles. The fourth-order valence-electron chi connectivity index (χ4n) is 3.61. The molecule has 0 radical (unpaired) electrons. The average molecular weight is 317 g/mol. The van der Waals surface area contributed by atoms with E-state index >= 15 is 0 Å². The van der Waals surface area contributed by atoms with Gasteiger partial charge in [-0.25, -0.2) is 0 Å². The Morgan fingerprint density at radius 2 is 2.14 bits per heavy atom. The summed E-state index contributed by atoms with van der Waals surface area (Å²) in [5.41, 5.74) is 2.06. The first kappa shape index (κ1) is 14.0. The number of carbonyl (C=O) groups is 1. The Bertz CT molecular complexity index is 643. The van der Waals surface area contributed by atoms with Crippen molar-refractivity contribution in [1.82, 2.24) is 4.90 Å². The molecule has 1 atom stereocenters. The van der Waals surface area contributed by atoms with Gasteiger partial charge in [0.1, 0.15) is 6.26 Å². The molecule has 1 unspecified atom stereocenters. The molecule has 2 aromatic rings. The van der Waals surface area contributed by atoms with Crippen LogP contribution < -0.4 is 0 Å². The molecular formula is C17H19NO3S. The van der Waals surface area contributed by atoms with E-state index in [9.17, 15) is 4.79 Å². The lowest BCUT2D eigenvalue weighted by atomic mass is 9.85. The highest BCUT2D eigenvalue weighted by Gasteiger charge is 2.38. The van der Waals surface area contributed by atoms with Gasteiger partial charge in [0.15, 0.2) is 0 Å². The average Bonchev–Trinajstić information content (AvgIpc) is 3.25. The van der Waals surface area contributed by atoms with Crippen LogP contribution in [0.3, 0.4) is 0 Å². The number of carbonyl (C=O) groups excluding carboxylic acids is 1. The van der Waals surface area contributed by atoms with E-state index < -0.39 is 0 Å². The lowest BCUT2D eigenvalue weighted by Crippen LogP contribution is -2.43. The Morgan fingerprint density at radius 1 is 1.27 bits per heavy atom. The molecule has 2 aliphatic rings. The zero-order chi connectivity index (χ0) is 14.9. The fourth-order valence-corrected chi connectivity index (χ4v) is 4.77. The number of rotatable bonds is 2. The van der Waals surface area contributed by atoms with Crippen molar-refractivity contribution in [2.24, 2.45) is 5.92 Å². The summed E-state index contributed by atoms with van der Waals surface area (Å²) in [6.45, 7) is 2.39. The summed E-state index contributed by atoms with van der Waals surface area (Å²) in [5, 5.41) is 2.16. The highest BCUT2D eigenvalue weighted by molar-refractivity contribution is 7.10. The highest BCUT2D eigenvalue weighted by Crippen LogP contribution is 2.42. The number of amides is 1. The van der Waals surface area contributed by atoms with Crippen molar-refractivity contribution >= 4 is 17.2 Å². The second kappa shape index (κ2) is 5.89. The van der Waals surface area contributed by atoms with E-state index in [4.69, 9.17) is 9.15 Å². The number of nitrogens with zero attached hydrogens (tertiary/aromatic N) is 1. The molecular weight excluding hydrogens is 298 g/mol. The molecule has 22 heavy (non-hydrogen) atoms. The minimum Gasteiger partial charge on any atom is -0.472 e. The fraction of sp³-hybridized carbons (Fsp3) is 0.471. The maximum Gasteiger partial charge on any atom is 0.257 e. The van der Waals surface area contributed by atoms with Crippen molar-refractivity contribution < 1.29 is 13.9 Å². The quantitative estimate of drug-likeness (QED) is 0.851. The van der Waals surface area contributed by atoms with Crippen molar-refractivity contribution in [3.8, 4) is 0 Å². The van der Waals surface area contributed by atoms with Crippen LogP contribution in [0, 0.1) is 5.92 Å². The Labute approximate surface area is 133 Å². The van der Waals surface area contributed by atoms with Crippen LogP contribution in [-0.2, 0) is 11.2 Å². The van der Waals surface area contributed by atoms with Crippen molar-refractivity contribution in [3.05, 3.63) is 46.0 Å². The number of thiophene rings is 1. The third kappa shape index (κ3) is 2.38. The van der Waals surface area contributed by atoms with Crippen LogP contribution in [-0.4, -0.2) is 30.6 Å². The summed E-state index contributed by atoms with van der Waals surface area (Å²) in [6, 6.07) is 4.16. The predicted molar refractivity (Wildman–Crippen MR) is 84.1 cm³/mol. The molecule has 0 bridgehead atoms. The second-order valence-electron chi connectivity index (χ2n) is 5.97. The van der Waals surface area contributed by atoms with Gasteiger partial charge in [-0.2, -0.15) is 0 Å². The van der Waals surface area contributed by atoms with E-state index in [1.54, 1.807) is 29.9 Å². The van der Waals surface area contributed by atoms with Crippen molar-refractivity contribution in [2.45, 2.75) is 25.3 Å². The normalized spacial score (nSPS) is 22.5. The van der Waals surface area contributed by atoms with Crippen LogP contribution in [0.5, 0.6) is 0 Å². The Kier molecular flexibility index (Phi) is 3.76. The minimum atomic E-state index is 0.0873. The maximum absolute atomic E-state index is 12.9. The molecule has 1 saturated heterocycles. The van der Waals surface area contributed by atoms with Crippen LogP contribution in [0.2, 0.25) is 0 Å². The number of ether oxygens (including phenoxy) is 1. The number of hydrogen-bond donors (Lipinski definition) is 0. The Balaban J connectivity index is 1.69. The van der Waals surface area contributed by atoms with Crippen LogP contribution in [0.1, 0.15) is 39.7 Å². The first-order valence-electron chi connectivity index (χ1n) is 7.82. The molecule has 0 spiro atoms. The molecule has 116 valence electrons.